The second-order valence-electron chi connectivity index (χ2n) is 6.72. The highest BCUT2D eigenvalue weighted by Crippen LogP contribution is 2.26. The molecule has 1 amide bonds. The molecule has 0 saturated carbocycles. The second kappa shape index (κ2) is 7.53. The number of carbonyl (C=O) groups excluding carboxylic acids is 1. The predicted octanol–water partition coefficient (Wildman–Crippen LogP) is 4.33. The van der Waals surface area contributed by atoms with Crippen molar-refractivity contribution in [1.29, 1.82) is 0 Å². The predicted molar refractivity (Wildman–Crippen MR) is 94.9 cm³/mol. The van der Waals surface area contributed by atoms with Crippen molar-refractivity contribution < 1.29 is 18.7 Å². The van der Waals surface area contributed by atoms with Gasteiger partial charge in [0.1, 0.15) is 11.1 Å². The Morgan fingerprint density at radius 2 is 2.12 bits per heavy atom. The molecule has 0 bridgehead atoms. The Balaban J connectivity index is 1.84. The quantitative estimate of drug-likeness (QED) is 0.810. The maximum Gasteiger partial charge on any atom is 0.407 e. The molecule has 6 nitrogen and oxygen atoms in total. The van der Waals surface area contributed by atoms with E-state index in [0.717, 1.165) is 21.1 Å². The number of hydrogen-bond acceptors (Lipinski definition) is 5. The van der Waals surface area contributed by atoms with E-state index in [4.69, 9.17) is 13.9 Å². The molecule has 0 spiro atoms. The van der Waals surface area contributed by atoms with E-state index >= 15 is 0 Å². The number of nitrogens with one attached hydrogen (secondary N) is 1. The van der Waals surface area contributed by atoms with Crippen molar-refractivity contribution in [2.45, 2.75) is 52.9 Å². The van der Waals surface area contributed by atoms with Crippen LogP contribution in [0.15, 0.2) is 21.0 Å². The van der Waals surface area contributed by atoms with Gasteiger partial charge in [-0.05, 0) is 61.3 Å². The summed E-state index contributed by atoms with van der Waals surface area (Å²) in [6.45, 7) is 9.96. The van der Waals surface area contributed by atoms with Gasteiger partial charge in [0.25, 0.3) is 0 Å². The third-order valence-corrected chi connectivity index (χ3v) is 3.60. The van der Waals surface area contributed by atoms with Crippen molar-refractivity contribution in [3.63, 3.8) is 0 Å². The van der Waals surface area contributed by atoms with Crippen LogP contribution in [0.5, 0.6) is 0 Å². The van der Waals surface area contributed by atoms with Gasteiger partial charge in [-0.1, -0.05) is 0 Å². The summed E-state index contributed by atoms with van der Waals surface area (Å²) in [6, 6.07) is 3.72. The SMILES string of the molecule is Cc1nc2cc(COC[C@@H](C)NC(=O)OC(C)(C)C)cc(Br)c2o1. The van der Waals surface area contributed by atoms with E-state index in [1.54, 1.807) is 0 Å². The van der Waals surface area contributed by atoms with E-state index in [-0.39, 0.29) is 6.04 Å². The standard InChI is InChI=1S/C17H23BrN2O4/c1-10(19-16(21)24-17(3,4)5)8-22-9-12-6-13(18)15-14(7-12)20-11(2)23-15/h6-7,10H,8-9H2,1-5H3,(H,19,21)/t10-/m1/s1. The Hall–Kier alpha value is -1.60. The lowest BCUT2D eigenvalue weighted by Crippen LogP contribution is -2.39. The minimum Gasteiger partial charge on any atom is -0.444 e. The lowest BCUT2D eigenvalue weighted by atomic mass is 10.2. The van der Waals surface area contributed by atoms with Crippen LogP contribution in [0, 0.1) is 6.92 Å². The van der Waals surface area contributed by atoms with Gasteiger partial charge in [0.2, 0.25) is 0 Å². The van der Waals surface area contributed by atoms with Crippen molar-refractivity contribution in [3.8, 4) is 0 Å². The molecule has 0 aliphatic carbocycles. The zero-order chi connectivity index (χ0) is 17.9. The molecule has 0 radical (unpaired) electrons. The number of alkyl carbamates (subject to hydrolysis) is 1. The highest BCUT2D eigenvalue weighted by Gasteiger charge is 2.17. The monoisotopic (exact) mass is 398 g/mol. The number of aromatic nitrogens is 1. The molecular formula is C17H23BrN2O4. The molecule has 1 aromatic heterocycles. The van der Waals surface area contributed by atoms with Crippen molar-refractivity contribution in [3.05, 3.63) is 28.1 Å². The number of halogens is 1. The Morgan fingerprint density at radius 3 is 2.79 bits per heavy atom. The molecule has 7 heteroatoms. The Bertz CT molecular complexity index is 721. The van der Waals surface area contributed by atoms with Crippen molar-refractivity contribution in [2.24, 2.45) is 0 Å². The Labute approximate surface area is 150 Å². The summed E-state index contributed by atoms with van der Waals surface area (Å²) in [6.07, 6.45) is -0.444. The van der Waals surface area contributed by atoms with Crippen molar-refractivity contribution in [2.75, 3.05) is 6.61 Å². The molecule has 0 aliphatic rings. The average molecular weight is 399 g/mol. The van der Waals surface area contributed by atoms with Crippen LogP contribution in [0.3, 0.4) is 0 Å². The van der Waals surface area contributed by atoms with E-state index in [9.17, 15) is 4.79 Å². The molecule has 1 heterocycles. The number of amides is 1. The third kappa shape index (κ3) is 5.49. The van der Waals surface area contributed by atoms with Gasteiger partial charge < -0.3 is 19.2 Å². The zero-order valence-electron chi connectivity index (χ0n) is 14.6. The highest BCUT2D eigenvalue weighted by atomic mass is 79.9. The summed E-state index contributed by atoms with van der Waals surface area (Å²) in [4.78, 5) is 16.0. The molecule has 1 aromatic carbocycles. The number of fused-ring (bicyclic) bond motifs is 1. The number of benzene rings is 1. The second-order valence-corrected chi connectivity index (χ2v) is 7.58. The van der Waals surface area contributed by atoms with Gasteiger partial charge in [0, 0.05) is 6.92 Å². The van der Waals surface area contributed by atoms with Gasteiger partial charge in [0.05, 0.1) is 23.7 Å². The van der Waals surface area contributed by atoms with Crippen LogP contribution in [0.2, 0.25) is 0 Å². The maximum absolute atomic E-state index is 11.7. The lowest BCUT2D eigenvalue weighted by molar-refractivity contribution is 0.0442. The number of carbonyl (C=O) groups is 1. The van der Waals surface area contributed by atoms with Crippen molar-refractivity contribution in [1.82, 2.24) is 10.3 Å². The first-order chi connectivity index (χ1) is 11.1. The van der Waals surface area contributed by atoms with Crippen LogP contribution in [0.25, 0.3) is 11.1 Å². The summed E-state index contributed by atoms with van der Waals surface area (Å²) in [5, 5.41) is 2.74. The minimum atomic E-state index is -0.512. The number of ether oxygens (including phenoxy) is 2. The average Bonchev–Trinajstić information content (AvgIpc) is 2.77. The lowest BCUT2D eigenvalue weighted by Gasteiger charge is -2.21. The number of rotatable bonds is 5. The fourth-order valence-corrected chi connectivity index (χ4v) is 2.72. The molecule has 2 rings (SSSR count). The summed E-state index contributed by atoms with van der Waals surface area (Å²) < 4.78 is 17.2. The minimum absolute atomic E-state index is 0.152. The first-order valence-corrected chi connectivity index (χ1v) is 8.56. The summed E-state index contributed by atoms with van der Waals surface area (Å²) in [5.41, 5.74) is 1.99. The zero-order valence-corrected chi connectivity index (χ0v) is 16.2. The molecule has 0 saturated heterocycles. The molecule has 1 N–H and O–H groups in total. The number of nitrogens with zero attached hydrogens (tertiary/aromatic N) is 1. The number of oxazole rings is 1. The van der Waals surface area contributed by atoms with Gasteiger partial charge in [0.15, 0.2) is 11.5 Å². The molecular weight excluding hydrogens is 376 g/mol. The van der Waals surface area contributed by atoms with Crippen LogP contribution >= 0.6 is 15.9 Å². The highest BCUT2D eigenvalue weighted by molar-refractivity contribution is 9.10. The smallest absolute Gasteiger partial charge is 0.407 e. The van der Waals surface area contributed by atoms with Crippen LogP contribution < -0.4 is 5.32 Å². The topological polar surface area (TPSA) is 73.6 Å². The molecule has 132 valence electrons. The fourth-order valence-electron chi connectivity index (χ4n) is 2.15. The maximum atomic E-state index is 11.7. The van der Waals surface area contributed by atoms with Gasteiger partial charge in [-0.2, -0.15) is 0 Å². The van der Waals surface area contributed by atoms with Crippen LogP contribution in [0.1, 0.15) is 39.1 Å². The summed E-state index contributed by atoms with van der Waals surface area (Å²) >= 11 is 3.48. The number of aryl methyl sites for hydroxylation is 1. The number of hydrogen-bond donors (Lipinski definition) is 1. The van der Waals surface area contributed by atoms with Gasteiger partial charge in [-0.3, -0.25) is 0 Å². The van der Waals surface area contributed by atoms with E-state index in [0.29, 0.717) is 19.1 Å². The summed E-state index contributed by atoms with van der Waals surface area (Å²) in [5.74, 6) is 0.624. The van der Waals surface area contributed by atoms with E-state index in [1.807, 2.05) is 46.8 Å². The first kappa shape index (κ1) is 18.7. The van der Waals surface area contributed by atoms with Crippen LogP contribution in [-0.2, 0) is 16.1 Å². The van der Waals surface area contributed by atoms with E-state index in [1.165, 1.54) is 0 Å². The Morgan fingerprint density at radius 1 is 1.42 bits per heavy atom. The first-order valence-electron chi connectivity index (χ1n) is 7.77. The molecule has 1 atom stereocenters. The normalized spacial score (nSPS) is 13.1. The van der Waals surface area contributed by atoms with E-state index in [2.05, 4.69) is 26.2 Å². The van der Waals surface area contributed by atoms with Gasteiger partial charge >= 0.3 is 6.09 Å². The molecule has 0 aliphatic heterocycles. The molecule has 24 heavy (non-hydrogen) atoms. The van der Waals surface area contributed by atoms with Gasteiger partial charge in [-0.25, -0.2) is 9.78 Å². The van der Waals surface area contributed by atoms with Gasteiger partial charge in [-0.15, -0.1) is 0 Å². The Kier molecular flexibility index (Phi) is 5.87. The molecule has 0 unspecified atom stereocenters. The molecule has 2 aromatic rings. The fraction of sp³-hybridized carbons (Fsp3) is 0.529. The summed E-state index contributed by atoms with van der Waals surface area (Å²) in [7, 11) is 0. The molecule has 0 fully saturated rings. The van der Waals surface area contributed by atoms with E-state index < -0.39 is 11.7 Å². The largest absolute Gasteiger partial charge is 0.444 e. The van der Waals surface area contributed by atoms with Crippen LogP contribution in [-0.4, -0.2) is 29.3 Å². The van der Waals surface area contributed by atoms with Crippen LogP contribution in [0.4, 0.5) is 4.79 Å². The van der Waals surface area contributed by atoms with Crippen molar-refractivity contribution >= 4 is 33.1 Å². The third-order valence-electron chi connectivity index (χ3n) is 3.01.